The van der Waals surface area contributed by atoms with Gasteiger partial charge in [0, 0.05) is 6.54 Å². The topological polar surface area (TPSA) is 117 Å². The van der Waals surface area contributed by atoms with E-state index in [1.807, 2.05) is 0 Å². The van der Waals surface area contributed by atoms with Gasteiger partial charge in [-0.1, -0.05) is 11.6 Å². The first-order valence-corrected chi connectivity index (χ1v) is 9.08. The zero-order chi connectivity index (χ0) is 18.7. The summed E-state index contributed by atoms with van der Waals surface area (Å²) >= 11 is 7.12. The fourth-order valence-corrected chi connectivity index (χ4v) is 3.08. The zero-order valence-corrected chi connectivity index (χ0v) is 15.4. The van der Waals surface area contributed by atoms with Crippen LogP contribution >= 0.6 is 22.9 Å². The fourth-order valence-electron chi connectivity index (χ4n) is 2.07. The summed E-state index contributed by atoms with van der Waals surface area (Å²) in [4.78, 5) is 35.7. The van der Waals surface area contributed by atoms with E-state index in [1.54, 1.807) is 13.0 Å². The van der Waals surface area contributed by atoms with Crippen LogP contribution in [0.15, 0.2) is 23.3 Å². The predicted molar refractivity (Wildman–Crippen MR) is 99.0 cm³/mol. The lowest BCUT2D eigenvalue weighted by Crippen LogP contribution is -2.37. The van der Waals surface area contributed by atoms with Crippen molar-refractivity contribution in [3.8, 4) is 10.7 Å². The summed E-state index contributed by atoms with van der Waals surface area (Å²) in [6, 6.07) is 3.03. The maximum Gasteiger partial charge on any atom is 0.378 e. The Kier molecular flexibility index (Phi) is 5.60. The van der Waals surface area contributed by atoms with Crippen molar-refractivity contribution in [1.82, 2.24) is 20.8 Å². The summed E-state index contributed by atoms with van der Waals surface area (Å²) in [5.41, 5.74) is 6.10. The summed E-state index contributed by atoms with van der Waals surface area (Å²) in [5.74, 6) is -0.525. The van der Waals surface area contributed by atoms with Crippen LogP contribution in [0.4, 0.5) is 5.82 Å². The summed E-state index contributed by atoms with van der Waals surface area (Å²) in [6.45, 7) is 2.66. The van der Waals surface area contributed by atoms with Gasteiger partial charge in [0.15, 0.2) is 11.6 Å². The standard InChI is InChI=1S/C16H16ClN5O3S/c1-8(22-19-6-9-2-3-9)20-14-10(17)7-18-15(21-14)12-5-4-11(26-12)13(23)16(24)25/h4-5,7,9,19H,2-3,6H2,1H3,(H,24,25)(H,18,20,21,22). The highest BCUT2D eigenvalue weighted by Gasteiger charge is 2.20. The number of aliphatic carboxylic acids is 1. The lowest BCUT2D eigenvalue weighted by molar-refractivity contribution is -0.131. The minimum atomic E-state index is -1.50. The number of carbonyl (C=O) groups excluding carboxylic acids is 1. The molecule has 0 bridgehead atoms. The van der Waals surface area contributed by atoms with Gasteiger partial charge in [0.05, 0.1) is 16.0 Å². The summed E-state index contributed by atoms with van der Waals surface area (Å²) in [5, 5.41) is 9.07. The van der Waals surface area contributed by atoms with Gasteiger partial charge >= 0.3 is 5.97 Å². The number of ketones is 1. The zero-order valence-electron chi connectivity index (χ0n) is 13.8. The molecule has 2 aromatic heterocycles. The summed E-state index contributed by atoms with van der Waals surface area (Å²) in [6.07, 6.45) is 3.92. The van der Waals surface area contributed by atoms with Gasteiger partial charge in [-0.25, -0.2) is 25.2 Å². The average Bonchev–Trinajstić information content (AvgIpc) is 3.29. The van der Waals surface area contributed by atoms with E-state index in [-0.39, 0.29) is 15.7 Å². The molecule has 136 valence electrons. The van der Waals surface area contributed by atoms with Crippen molar-refractivity contribution in [3.05, 3.63) is 28.2 Å². The van der Waals surface area contributed by atoms with Gasteiger partial charge in [-0.15, -0.1) is 11.3 Å². The second-order valence-corrected chi connectivity index (χ2v) is 7.30. The smallest absolute Gasteiger partial charge is 0.378 e. The minimum absolute atomic E-state index is 0.109. The third-order valence-corrected chi connectivity index (χ3v) is 4.95. The number of aliphatic imine (C=N–C) groups is 1. The van der Waals surface area contributed by atoms with Crippen LogP contribution < -0.4 is 10.9 Å². The van der Waals surface area contributed by atoms with Crippen molar-refractivity contribution in [2.45, 2.75) is 19.8 Å². The van der Waals surface area contributed by atoms with Crippen molar-refractivity contribution >= 4 is 46.3 Å². The van der Waals surface area contributed by atoms with Crippen molar-refractivity contribution in [2.24, 2.45) is 10.9 Å². The SMILES string of the molecule is CC(=Nc1nc(-c2ccc(C(=O)C(=O)O)s2)ncc1Cl)NNCC1CC1. The van der Waals surface area contributed by atoms with E-state index in [0.717, 1.165) is 23.8 Å². The van der Waals surface area contributed by atoms with Crippen molar-refractivity contribution in [1.29, 1.82) is 0 Å². The fraction of sp³-hybridized carbons (Fsp3) is 0.312. The van der Waals surface area contributed by atoms with Crippen LogP contribution in [0, 0.1) is 5.92 Å². The Morgan fingerprint density at radius 1 is 1.42 bits per heavy atom. The number of carboxylic acids is 1. The number of Topliss-reactive ketones (excluding diaryl/α,β-unsaturated/α-hetero) is 1. The molecule has 3 N–H and O–H groups in total. The third kappa shape index (κ3) is 4.63. The molecule has 1 saturated carbocycles. The number of rotatable bonds is 7. The van der Waals surface area contributed by atoms with E-state index in [2.05, 4.69) is 25.8 Å². The highest BCUT2D eigenvalue weighted by Crippen LogP contribution is 2.30. The van der Waals surface area contributed by atoms with Gasteiger partial charge in [-0.3, -0.25) is 4.79 Å². The van der Waals surface area contributed by atoms with Crippen LogP contribution in [0.2, 0.25) is 5.02 Å². The normalized spacial score (nSPS) is 14.3. The van der Waals surface area contributed by atoms with Gasteiger partial charge < -0.3 is 10.5 Å². The maximum atomic E-state index is 11.5. The van der Waals surface area contributed by atoms with Gasteiger partial charge in [-0.05, 0) is 37.8 Å². The van der Waals surface area contributed by atoms with E-state index in [1.165, 1.54) is 25.1 Å². The van der Waals surface area contributed by atoms with E-state index >= 15 is 0 Å². The van der Waals surface area contributed by atoms with E-state index in [0.29, 0.717) is 16.5 Å². The Morgan fingerprint density at radius 2 is 2.19 bits per heavy atom. The molecule has 2 aromatic rings. The highest BCUT2D eigenvalue weighted by atomic mass is 35.5. The number of nitrogens with zero attached hydrogens (tertiary/aromatic N) is 3. The summed E-state index contributed by atoms with van der Waals surface area (Å²) < 4.78 is 0. The molecule has 1 aliphatic rings. The number of hydrogen-bond acceptors (Lipinski definition) is 7. The van der Waals surface area contributed by atoms with Crippen molar-refractivity contribution < 1.29 is 14.7 Å². The first-order chi connectivity index (χ1) is 12.4. The predicted octanol–water partition coefficient (Wildman–Crippen LogP) is 2.68. The minimum Gasteiger partial charge on any atom is -0.475 e. The molecule has 3 rings (SSSR count). The Balaban J connectivity index is 1.76. The molecule has 0 amide bonds. The number of thiophene rings is 1. The molecule has 1 fully saturated rings. The molecule has 10 heteroatoms. The van der Waals surface area contributed by atoms with Gasteiger partial charge in [-0.2, -0.15) is 0 Å². The second-order valence-electron chi connectivity index (χ2n) is 5.81. The average molecular weight is 394 g/mol. The maximum absolute atomic E-state index is 11.5. The molecule has 1 aliphatic carbocycles. The quantitative estimate of drug-likeness (QED) is 0.217. The van der Waals surface area contributed by atoms with Crippen LogP contribution in [0.3, 0.4) is 0 Å². The molecular weight excluding hydrogens is 378 g/mol. The third-order valence-electron chi connectivity index (χ3n) is 3.60. The van der Waals surface area contributed by atoms with E-state index in [4.69, 9.17) is 16.7 Å². The number of hydrogen-bond donors (Lipinski definition) is 3. The molecule has 0 unspecified atom stereocenters. The number of aromatic nitrogens is 2. The van der Waals surface area contributed by atoms with Crippen LogP contribution in [0.1, 0.15) is 29.4 Å². The molecule has 0 aliphatic heterocycles. The Labute approximate surface area is 158 Å². The molecular formula is C16H16ClN5O3S. The number of amidine groups is 1. The number of nitrogens with one attached hydrogen (secondary N) is 2. The first kappa shape index (κ1) is 18.4. The molecule has 0 aromatic carbocycles. The Morgan fingerprint density at radius 3 is 2.88 bits per heavy atom. The number of hydrazine groups is 1. The lowest BCUT2D eigenvalue weighted by Gasteiger charge is -2.07. The molecule has 0 spiro atoms. The Hall–Kier alpha value is -2.36. The Bertz CT molecular complexity index is 879. The number of carbonyl (C=O) groups is 2. The first-order valence-electron chi connectivity index (χ1n) is 7.88. The summed E-state index contributed by atoms with van der Waals surface area (Å²) in [7, 11) is 0. The second kappa shape index (κ2) is 7.90. The highest BCUT2D eigenvalue weighted by molar-refractivity contribution is 7.18. The van der Waals surface area contributed by atoms with Crippen LogP contribution in [-0.2, 0) is 4.79 Å². The van der Waals surface area contributed by atoms with E-state index in [9.17, 15) is 9.59 Å². The van der Waals surface area contributed by atoms with Gasteiger partial charge in [0.25, 0.3) is 5.78 Å². The molecule has 0 atom stereocenters. The van der Waals surface area contributed by atoms with Crippen LogP contribution in [0.25, 0.3) is 10.7 Å². The monoisotopic (exact) mass is 393 g/mol. The van der Waals surface area contributed by atoms with Crippen molar-refractivity contribution in [2.75, 3.05) is 6.54 Å². The number of carboxylic acid groups (broad SMARTS) is 1. The van der Waals surface area contributed by atoms with Gasteiger partial charge in [0.1, 0.15) is 10.9 Å². The number of halogens is 1. The molecule has 26 heavy (non-hydrogen) atoms. The van der Waals surface area contributed by atoms with Crippen LogP contribution in [-0.4, -0.2) is 39.2 Å². The molecule has 2 heterocycles. The molecule has 0 radical (unpaired) electrons. The lowest BCUT2D eigenvalue weighted by atomic mass is 10.3. The largest absolute Gasteiger partial charge is 0.475 e. The van der Waals surface area contributed by atoms with E-state index < -0.39 is 11.8 Å². The van der Waals surface area contributed by atoms with Gasteiger partial charge in [0.2, 0.25) is 0 Å². The molecule has 8 nitrogen and oxygen atoms in total. The van der Waals surface area contributed by atoms with Crippen LogP contribution in [0.5, 0.6) is 0 Å². The molecule has 0 saturated heterocycles. The van der Waals surface area contributed by atoms with Crippen molar-refractivity contribution in [3.63, 3.8) is 0 Å².